The number of nitrogens with zero attached hydrogens (tertiary/aromatic N) is 2. The van der Waals surface area contributed by atoms with Crippen LogP contribution in [0.5, 0.6) is 11.5 Å². The third kappa shape index (κ3) is 7.50. The normalized spacial score (nSPS) is 21.3. The fourth-order valence-electron chi connectivity index (χ4n) is 8.55. The van der Waals surface area contributed by atoms with Gasteiger partial charge in [0.15, 0.2) is 5.78 Å². The number of aliphatic hydroxyl groups excluding tert-OH is 1. The third-order valence-corrected chi connectivity index (χ3v) is 11.9. The Morgan fingerprint density at radius 3 is 2.02 bits per heavy atom. The molecule has 11 nitrogen and oxygen atoms in total. The van der Waals surface area contributed by atoms with Gasteiger partial charge >= 0.3 is 0 Å². The number of hydrogen-bond acceptors (Lipinski definition) is 11. The Morgan fingerprint density at radius 2 is 1.44 bits per heavy atom. The number of alkyl halides is 1. The molecular formula is C42H55ClN4O7. The zero-order valence-electron chi connectivity index (χ0n) is 31.6. The number of carbonyl (C=O) groups is 1. The van der Waals surface area contributed by atoms with E-state index in [1.54, 1.807) is 26.4 Å². The van der Waals surface area contributed by atoms with Gasteiger partial charge in [-0.15, -0.1) is 11.6 Å². The average molecular weight is 763 g/mol. The number of halogens is 1. The Labute approximate surface area is 324 Å². The molecular weight excluding hydrogens is 708 g/mol. The van der Waals surface area contributed by atoms with Crippen LogP contribution in [0, 0.1) is 0 Å². The molecule has 0 amide bonds. The van der Waals surface area contributed by atoms with Crippen LogP contribution in [0.1, 0.15) is 77.4 Å². The lowest BCUT2D eigenvalue weighted by Gasteiger charge is -2.45. The molecule has 2 unspecified atom stereocenters. The van der Waals surface area contributed by atoms with Gasteiger partial charge in [0.2, 0.25) is 0 Å². The van der Waals surface area contributed by atoms with Crippen LogP contribution in [0.25, 0.3) is 0 Å². The lowest BCUT2D eigenvalue weighted by atomic mass is 9.66. The highest BCUT2D eigenvalue weighted by molar-refractivity contribution is 6.17. The number of nitrogens with one attached hydrogen (secondary N) is 1. The van der Waals surface area contributed by atoms with E-state index in [1.165, 1.54) is 0 Å². The summed E-state index contributed by atoms with van der Waals surface area (Å²) in [5.74, 6) is 1.92. The van der Waals surface area contributed by atoms with Gasteiger partial charge in [-0.1, -0.05) is 37.1 Å². The van der Waals surface area contributed by atoms with Crippen LogP contribution in [-0.2, 0) is 24.4 Å². The number of nitrogens with two attached hydrogens (primary N) is 1. The SMILES string of the molecule is COC[C@H]1CCN1c1ccc2c(c1)Oc1cc(N3CC[C@@H]3COC)ccc1C21c2cc(C(O)NCCOCCOCCCCCCCl)ccc2C(=O)C1N. The lowest BCUT2D eigenvalue weighted by Crippen LogP contribution is -2.51. The number of aliphatic hydroxyl groups is 1. The maximum absolute atomic E-state index is 14.1. The molecule has 54 heavy (non-hydrogen) atoms. The highest BCUT2D eigenvalue weighted by atomic mass is 35.5. The molecule has 0 radical (unpaired) electrons. The first kappa shape index (κ1) is 39.0. The van der Waals surface area contributed by atoms with Crippen molar-refractivity contribution in [3.05, 3.63) is 82.4 Å². The third-order valence-electron chi connectivity index (χ3n) is 11.6. The molecule has 7 rings (SSSR count). The minimum absolute atomic E-state index is 0.136. The number of fused-ring (bicyclic) bond motifs is 6. The topological polar surface area (TPSA) is 128 Å². The summed E-state index contributed by atoms with van der Waals surface area (Å²) >= 11 is 5.73. The number of ketones is 1. The van der Waals surface area contributed by atoms with E-state index < -0.39 is 17.7 Å². The van der Waals surface area contributed by atoms with Crippen LogP contribution >= 0.6 is 11.6 Å². The Hall–Kier alpha value is -3.26. The second-order valence-electron chi connectivity index (χ2n) is 14.8. The Kier molecular flexibility index (Phi) is 12.8. The molecule has 0 bridgehead atoms. The molecule has 4 N–H and O–H groups in total. The van der Waals surface area contributed by atoms with E-state index in [0.29, 0.717) is 80.2 Å². The molecule has 12 heteroatoms. The van der Waals surface area contributed by atoms with Gasteiger partial charge in [-0.3, -0.25) is 10.1 Å². The summed E-state index contributed by atoms with van der Waals surface area (Å²) in [6, 6.07) is 17.7. The number of carbonyl (C=O) groups excluding carboxylic acids is 1. The summed E-state index contributed by atoms with van der Waals surface area (Å²) < 4.78 is 29.2. The van der Waals surface area contributed by atoms with E-state index >= 15 is 0 Å². The molecule has 3 heterocycles. The molecule has 2 saturated heterocycles. The zero-order valence-corrected chi connectivity index (χ0v) is 32.3. The predicted molar refractivity (Wildman–Crippen MR) is 211 cm³/mol. The van der Waals surface area contributed by atoms with Gasteiger partial charge in [-0.25, -0.2) is 0 Å². The molecule has 292 valence electrons. The highest BCUT2D eigenvalue weighted by Gasteiger charge is 2.57. The van der Waals surface area contributed by atoms with Gasteiger partial charge in [0.05, 0.1) is 56.6 Å². The van der Waals surface area contributed by atoms with E-state index in [-0.39, 0.29) is 5.78 Å². The molecule has 3 aliphatic heterocycles. The first-order valence-corrected chi connectivity index (χ1v) is 20.0. The molecule has 1 aliphatic carbocycles. The van der Waals surface area contributed by atoms with E-state index in [0.717, 1.165) is 86.3 Å². The number of hydrogen-bond donors (Lipinski definition) is 3. The van der Waals surface area contributed by atoms with E-state index in [4.69, 9.17) is 41.0 Å². The summed E-state index contributed by atoms with van der Waals surface area (Å²) in [5.41, 5.74) is 11.8. The Bertz CT molecular complexity index is 1690. The largest absolute Gasteiger partial charge is 0.457 e. The first-order chi connectivity index (χ1) is 26.4. The van der Waals surface area contributed by atoms with Gasteiger partial charge in [0.25, 0.3) is 0 Å². The highest BCUT2D eigenvalue weighted by Crippen LogP contribution is 2.58. The van der Waals surface area contributed by atoms with Gasteiger partial charge < -0.3 is 44.3 Å². The number of anilines is 2. The van der Waals surface area contributed by atoms with Crippen molar-refractivity contribution in [2.45, 2.75) is 68.3 Å². The summed E-state index contributed by atoms with van der Waals surface area (Å²) in [5, 5.41) is 14.5. The molecule has 4 atom stereocenters. The quantitative estimate of drug-likeness (QED) is 0.0766. The van der Waals surface area contributed by atoms with Crippen LogP contribution in [0.15, 0.2) is 54.6 Å². The Balaban J connectivity index is 1.13. The van der Waals surface area contributed by atoms with Crippen molar-refractivity contribution >= 4 is 28.8 Å². The fraction of sp³-hybridized carbons (Fsp3) is 0.548. The monoisotopic (exact) mass is 762 g/mol. The second-order valence-corrected chi connectivity index (χ2v) is 15.2. The number of methoxy groups -OCH3 is 2. The van der Waals surface area contributed by atoms with Crippen molar-refractivity contribution in [1.82, 2.24) is 5.32 Å². The number of unbranched alkanes of at least 4 members (excludes halogenated alkanes) is 3. The molecule has 4 aliphatic rings. The standard InChI is InChI=1S/C42H55ClN4O7/c1-50-26-31-13-17-46(31)29-8-11-34-37(24-29)54-38-25-30(47-18-14-32(47)27-51-2)9-12-35(38)42(34)36-23-28(7-10-33(36)39(48)40(42)44)41(49)45-16-20-53-22-21-52-19-6-4-3-5-15-43/h7-12,23-25,31-32,40-41,45,49H,3-6,13-22,26-27,44H2,1-2H3/t31-,32-,40?,41?/m1/s1. The molecule has 2 fully saturated rings. The fourth-order valence-corrected chi connectivity index (χ4v) is 8.73. The van der Waals surface area contributed by atoms with E-state index in [1.807, 2.05) is 6.07 Å². The minimum atomic E-state index is -1.03. The molecule has 3 aromatic rings. The van der Waals surface area contributed by atoms with Gasteiger partial charge in [0.1, 0.15) is 17.7 Å². The van der Waals surface area contributed by atoms with Crippen LogP contribution in [0.3, 0.4) is 0 Å². The smallest absolute Gasteiger partial charge is 0.181 e. The van der Waals surface area contributed by atoms with E-state index in [9.17, 15) is 9.90 Å². The van der Waals surface area contributed by atoms with Crippen LogP contribution in [0.2, 0.25) is 0 Å². The average Bonchev–Trinajstić information content (AvgIpc) is 3.37. The first-order valence-electron chi connectivity index (χ1n) is 19.5. The molecule has 1 spiro atoms. The van der Waals surface area contributed by atoms with Gasteiger partial charge in [-0.05, 0) is 55.0 Å². The summed E-state index contributed by atoms with van der Waals surface area (Å²) in [6.07, 6.45) is 5.46. The molecule has 3 aromatic carbocycles. The Morgan fingerprint density at radius 1 is 0.833 bits per heavy atom. The summed E-state index contributed by atoms with van der Waals surface area (Å²) in [6.45, 7) is 5.75. The van der Waals surface area contributed by atoms with Crippen molar-refractivity contribution in [2.75, 3.05) is 89.2 Å². The minimum Gasteiger partial charge on any atom is -0.457 e. The van der Waals surface area contributed by atoms with Crippen LogP contribution in [-0.4, -0.2) is 108 Å². The van der Waals surface area contributed by atoms with Crippen molar-refractivity contribution in [3.8, 4) is 11.5 Å². The van der Waals surface area contributed by atoms with E-state index in [2.05, 4.69) is 51.5 Å². The number of benzene rings is 3. The zero-order chi connectivity index (χ0) is 37.7. The maximum atomic E-state index is 14.1. The van der Waals surface area contributed by atoms with Crippen molar-refractivity contribution in [2.24, 2.45) is 5.73 Å². The van der Waals surface area contributed by atoms with Crippen LogP contribution in [0.4, 0.5) is 11.4 Å². The number of rotatable bonds is 20. The van der Waals surface area contributed by atoms with Crippen molar-refractivity contribution in [1.29, 1.82) is 0 Å². The number of Topliss-reactive ketones (excluding diaryl/α,β-unsaturated/α-hetero) is 1. The second kappa shape index (κ2) is 17.7. The predicted octanol–water partition coefficient (Wildman–Crippen LogP) is 5.51. The van der Waals surface area contributed by atoms with Crippen LogP contribution < -0.4 is 25.6 Å². The number of ether oxygens (including phenoxy) is 5. The van der Waals surface area contributed by atoms with Crippen molar-refractivity contribution < 1.29 is 33.6 Å². The van der Waals surface area contributed by atoms with Gasteiger partial charge in [-0.2, -0.15) is 0 Å². The summed E-state index contributed by atoms with van der Waals surface area (Å²) in [7, 11) is 3.46. The maximum Gasteiger partial charge on any atom is 0.181 e. The lowest BCUT2D eigenvalue weighted by molar-refractivity contribution is 0.0414. The van der Waals surface area contributed by atoms with Gasteiger partial charge in [0, 0.05) is 86.5 Å². The molecule has 0 aromatic heterocycles. The molecule has 0 saturated carbocycles. The van der Waals surface area contributed by atoms with Crippen molar-refractivity contribution in [3.63, 3.8) is 0 Å². The summed E-state index contributed by atoms with van der Waals surface area (Å²) in [4.78, 5) is 18.8.